The van der Waals surface area contributed by atoms with Crippen LogP contribution in [0.2, 0.25) is 0 Å². The van der Waals surface area contributed by atoms with Gasteiger partial charge >= 0.3 is 0 Å². The summed E-state index contributed by atoms with van der Waals surface area (Å²) >= 11 is 3.43. The Labute approximate surface area is 117 Å². The number of hydrogen-bond donors (Lipinski definition) is 2. The minimum atomic E-state index is 0.0843. The number of nitrogens with two attached hydrogens (primary N) is 1. The average molecular weight is 316 g/mol. The van der Waals surface area contributed by atoms with Crippen LogP contribution in [0.1, 0.15) is 26.3 Å². The zero-order valence-electron chi connectivity index (χ0n) is 11.2. The molecule has 0 fully saturated rings. The minimum absolute atomic E-state index is 0.0843. The number of nitrogens with zero attached hydrogens (tertiary/aromatic N) is 1. The van der Waals surface area contributed by atoms with Crippen LogP contribution in [0.15, 0.2) is 22.9 Å². The van der Waals surface area contributed by atoms with Crippen molar-refractivity contribution in [2.45, 2.75) is 39.3 Å². The molecule has 4 nitrogen and oxygen atoms in total. The monoisotopic (exact) mass is 315 g/mol. The molecule has 0 bridgehead atoms. The van der Waals surface area contributed by atoms with Gasteiger partial charge in [0.2, 0.25) is 0 Å². The van der Waals surface area contributed by atoms with Crippen LogP contribution < -0.4 is 11.3 Å². The van der Waals surface area contributed by atoms with Gasteiger partial charge in [-0.1, -0.05) is 13.8 Å². The van der Waals surface area contributed by atoms with Crippen molar-refractivity contribution < 1.29 is 4.74 Å². The first-order chi connectivity index (χ1) is 8.58. The highest BCUT2D eigenvalue weighted by Gasteiger charge is 2.24. The molecule has 102 valence electrons. The third-order valence-corrected chi connectivity index (χ3v) is 3.28. The second-order valence-corrected chi connectivity index (χ2v) is 5.57. The Balaban J connectivity index is 2.76. The molecule has 1 heterocycles. The molecule has 0 aliphatic rings. The van der Waals surface area contributed by atoms with Crippen LogP contribution >= 0.6 is 15.9 Å². The Hall–Kier alpha value is -0.490. The molecule has 2 unspecified atom stereocenters. The first-order valence-corrected chi connectivity index (χ1v) is 7.05. The molecule has 1 aromatic heterocycles. The standard InChI is InChI=1S/C13H22BrN3O/c1-4-18-13(9(2)3)12(17-15)6-10-5-11(14)8-16-7-10/h5,7-9,12-13,17H,4,6,15H2,1-3H3. The topological polar surface area (TPSA) is 60.2 Å². The van der Waals surface area contributed by atoms with Crippen LogP contribution in [-0.4, -0.2) is 23.7 Å². The van der Waals surface area contributed by atoms with Crippen molar-refractivity contribution in [1.82, 2.24) is 10.4 Å². The predicted molar refractivity (Wildman–Crippen MR) is 77.0 cm³/mol. The van der Waals surface area contributed by atoms with Crippen molar-refractivity contribution in [3.8, 4) is 0 Å². The Morgan fingerprint density at radius 3 is 2.67 bits per heavy atom. The van der Waals surface area contributed by atoms with Crippen molar-refractivity contribution >= 4 is 15.9 Å². The van der Waals surface area contributed by atoms with Crippen LogP contribution in [-0.2, 0) is 11.2 Å². The molecule has 0 saturated carbocycles. The molecule has 2 atom stereocenters. The van der Waals surface area contributed by atoms with Crippen LogP contribution in [0.5, 0.6) is 0 Å². The lowest BCUT2D eigenvalue weighted by molar-refractivity contribution is 0.00354. The first kappa shape index (κ1) is 15.6. The zero-order valence-corrected chi connectivity index (χ0v) is 12.8. The van der Waals surface area contributed by atoms with Gasteiger partial charge in [-0.15, -0.1) is 0 Å². The van der Waals surface area contributed by atoms with Crippen LogP contribution in [0, 0.1) is 5.92 Å². The van der Waals surface area contributed by atoms with Gasteiger partial charge in [-0.05, 0) is 46.8 Å². The fourth-order valence-corrected chi connectivity index (χ4v) is 2.47. The number of hydrazine groups is 1. The fraction of sp³-hybridized carbons (Fsp3) is 0.615. The van der Waals surface area contributed by atoms with E-state index in [1.807, 2.05) is 13.1 Å². The Kier molecular flexibility index (Phi) is 6.78. The van der Waals surface area contributed by atoms with Crippen molar-refractivity contribution in [3.63, 3.8) is 0 Å². The maximum atomic E-state index is 5.78. The molecule has 0 spiro atoms. The number of halogens is 1. The summed E-state index contributed by atoms with van der Waals surface area (Å²) in [6.45, 7) is 6.98. The number of pyridine rings is 1. The normalized spacial score (nSPS) is 14.8. The highest BCUT2D eigenvalue weighted by atomic mass is 79.9. The molecule has 0 aromatic carbocycles. The quantitative estimate of drug-likeness (QED) is 0.598. The van der Waals surface area contributed by atoms with E-state index < -0.39 is 0 Å². The van der Waals surface area contributed by atoms with Crippen molar-refractivity contribution in [2.75, 3.05) is 6.61 Å². The van der Waals surface area contributed by atoms with E-state index in [-0.39, 0.29) is 12.1 Å². The maximum Gasteiger partial charge on any atom is 0.0767 e. The Bertz CT molecular complexity index is 360. The lowest BCUT2D eigenvalue weighted by Crippen LogP contribution is -2.48. The second-order valence-electron chi connectivity index (χ2n) is 4.65. The van der Waals surface area contributed by atoms with Crippen LogP contribution in [0.25, 0.3) is 0 Å². The fourth-order valence-electron chi connectivity index (χ4n) is 2.06. The average Bonchev–Trinajstić information content (AvgIpc) is 2.33. The van der Waals surface area contributed by atoms with E-state index >= 15 is 0 Å². The number of rotatable bonds is 7. The van der Waals surface area contributed by atoms with E-state index in [0.717, 1.165) is 16.5 Å². The van der Waals surface area contributed by atoms with E-state index in [2.05, 4.69) is 46.3 Å². The molecule has 1 aromatic rings. The van der Waals surface area contributed by atoms with Gasteiger partial charge in [-0.2, -0.15) is 0 Å². The molecule has 18 heavy (non-hydrogen) atoms. The minimum Gasteiger partial charge on any atom is -0.377 e. The van der Waals surface area contributed by atoms with Crippen molar-refractivity contribution in [2.24, 2.45) is 11.8 Å². The van der Waals surface area contributed by atoms with Gasteiger partial charge in [0, 0.05) is 23.5 Å². The second kappa shape index (κ2) is 7.84. The molecular weight excluding hydrogens is 294 g/mol. The summed E-state index contributed by atoms with van der Waals surface area (Å²) in [6, 6.07) is 2.14. The predicted octanol–water partition coefficient (Wildman–Crippen LogP) is 2.28. The largest absolute Gasteiger partial charge is 0.377 e. The molecule has 1 rings (SSSR count). The van der Waals surface area contributed by atoms with Crippen LogP contribution in [0.4, 0.5) is 0 Å². The summed E-state index contributed by atoms with van der Waals surface area (Å²) in [5, 5.41) is 0. The number of nitrogens with one attached hydrogen (secondary N) is 1. The van der Waals surface area contributed by atoms with Gasteiger partial charge in [-0.3, -0.25) is 16.3 Å². The molecule has 5 heteroatoms. The molecule has 3 N–H and O–H groups in total. The summed E-state index contributed by atoms with van der Waals surface area (Å²) < 4.78 is 6.76. The lowest BCUT2D eigenvalue weighted by atomic mass is 9.95. The zero-order chi connectivity index (χ0) is 13.5. The Morgan fingerprint density at radius 1 is 1.44 bits per heavy atom. The van der Waals surface area contributed by atoms with Gasteiger partial charge < -0.3 is 4.74 Å². The van der Waals surface area contributed by atoms with Gasteiger partial charge in [0.1, 0.15) is 0 Å². The van der Waals surface area contributed by atoms with E-state index in [1.165, 1.54) is 0 Å². The summed E-state index contributed by atoms with van der Waals surface area (Å²) in [5.74, 6) is 6.07. The van der Waals surface area contributed by atoms with E-state index in [1.54, 1.807) is 6.20 Å². The van der Waals surface area contributed by atoms with Crippen molar-refractivity contribution in [3.05, 3.63) is 28.5 Å². The molecule has 0 aliphatic heterocycles. The van der Waals surface area contributed by atoms with E-state index in [4.69, 9.17) is 10.6 Å². The van der Waals surface area contributed by atoms with E-state index in [9.17, 15) is 0 Å². The summed E-state index contributed by atoms with van der Waals surface area (Å²) in [5.41, 5.74) is 4.00. The summed E-state index contributed by atoms with van der Waals surface area (Å²) in [6.07, 6.45) is 4.53. The third-order valence-electron chi connectivity index (χ3n) is 2.84. The number of ether oxygens (including phenoxy) is 1. The smallest absolute Gasteiger partial charge is 0.0767 e. The SMILES string of the molecule is CCOC(C(C)C)C(Cc1cncc(Br)c1)NN. The van der Waals surface area contributed by atoms with Crippen molar-refractivity contribution in [1.29, 1.82) is 0 Å². The van der Waals surface area contributed by atoms with Gasteiger partial charge in [-0.25, -0.2) is 0 Å². The molecule has 0 amide bonds. The molecule has 0 aliphatic carbocycles. The van der Waals surface area contributed by atoms with Gasteiger partial charge in [0.05, 0.1) is 12.1 Å². The van der Waals surface area contributed by atoms with Gasteiger partial charge in [0.25, 0.3) is 0 Å². The Morgan fingerprint density at radius 2 is 2.17 bits per heavy atom. The molecule has 0 saturated heterocycles. The lowest BCUT2D eigenvalue weighted by Gasteiger charge is -2.29. The highest BCUT2D eigenvalue weighted by molar-refractivity contribution is 9.10. The highest BCUT2D eigenvalue weighted by Crippen LogP contribution is 2.17. The maximum absolute atomic E-state index is 5.78. The molecule has 0 radical (unpaired) electrons. The first-order valence-electron chi connectivity index (χ1n) is 6.25. The third kappa shape index (κ3) is 4.65. The number of hydrogen-bond acceptors (Lipinski definition) is 4. The van der Waals surface area contributed by atoms with Gasteiger partial charge in [0.15, 0.2) is 0 Å². The molecular formula is C13H22BrN3O. The van der Waals surface area contributed by atoms with E-state index in [0.29, 0.717) is 12.5 Å². The summed E-state index contributed by atoms with van der Waals surface area (Å²) in [7, 11) is 0. The number of aromatic nitrogens is 1. The van der Waals surface area contributed by atoms with Crippen LogP contribution in [0.3, 0.4) is 0 Å². The summed E-state index contributed by atoms with van der Waals surface area (Å²) in [4.78, 5) is 4.17.